The Morgan fingerprint density at radius 2 is 1.71 bits per heavy atom. The van der Waals surface area contributed by atoms with Crippen molar-refractivity contribution in [3.8, 4) is 5.75 Å². The summed E-state index contributed by atoms with van der Waals surface area (Å²) in [6, 6.07) is 0.437. The Kier molecular flexibility index (Phi) is 9.49. The second-order valence-corrected chi connectivity index (χ2v) is 15.2. The first-order valence-corrected chi connectivity index (χ1v) is 16.4. The number of phenolic OH excluding ortho intramolecular Hbond substituents is 1. The van der Waals surface area contributed by atoms with Gasteiger partial charge in [-0.25, -0.2) is 9.59 Å². The number of hydrogen-bond acceptors (Lipinski definition) is 14. The second-order valence-electron chi connectivity index (χ2n) is 15.2. The third-order valence-corrected chi connectivity index (χ3v) is 9.91. The minimum atomic E-state index is -2.78. The molecule has 1 aromatic heterocycles. The van der Waals surface area contributed by atoms with Crippen molar-refractivity contribution in [2.45, 2.75) is 65.3 Å². The van der Waals surface area contributed by atoms with Crippen LogP contribution in [-0.2, 0) is 38.7 Å². The van der Waals surface area contributed by atoms with E-state index in [1.54, 1.807) is 25.1 Å². The molecule has 3 unspecified atom stereocenters. The van der Waals surface area contributed by atoms with Gasteiger partial charge in [0.1, 0.15) is 17.1 Å². The number of Topliss-reactive ketones (excluding diaryl/α,β-unsaturated/α-hetero) is 3. The SMILES string of the molecule is Cc1oc(=O)oc1COC(=O)N(Cc1cc(N(C)C)c2c(c1O)C(=O)C1C(=O)[C@]3(O)C(O)=C(C(N)=O)C(=O)[C@@H](N(C)C)C3CC1C2)CC(C)(C)C. The summed E-state index contributed by atoms with van der Waals surface area (Å²) >= 11 is 0. The van der Waals surface area contributed by atoms with Gasteiger partial charge in [0, 0.05) is 37.8 Å². The van der Waals surface area contributed by atoms with Gasteiger partial charge in [0.05, 0.1) is 24.1 Å². The highest BCUT2D eigenvalue weighted by Crippen LogP contribution is 2.53. The van der Waals surface area contributed by atoms with Crippen LogP contribution < -0.4 is 16.5 Å². The molecular weight excluding hydrogens is 668 g/mol. The number of ether oxygens (including phenoxy) is 1. The van der Waals surface area contributed by atoms with Crippen molar-refractivity contribution >= 4 is 35.0 Å². The first kappa shape index (κ1) is 37.3. The summed E-state index contributed by atoms with van der Waals surface area (Å²) in [5.41, 5.74) is 2.21. The molecule has 0 spiro atoms. The van der Waals surface area contributed by atoms with Gasteiger partial charge in [0.15, 0.2) is 41.1 Å². The number of ketones is 3. The molecule has 0 aliphatic heterocycles. The van der Waals surface area contributed by atoms with Crippen LogP contribution in [-0.4, -0.2) is 101 Å². The van der Waals surface area contributed by atoms with Crippen molar-refractivity contribution in [1.29, 1.82) is 0 Å². The number of aromatic hydroxyl groups is 1. The fourth-order valence-corrected chi connectivity index (χ4v) is 7.77. The summed E-state index contributed by atoms with van der Waals surface area (Å²) in [5.74, 6) is -10.0. The van der Waals surface area contributed by atoms with Crippen LogP contribution >= 0.6 is 0 Å². The Morgan fingerprint density at radius 1 is 1.06 bits per heavy atom. The molecule has 0 bridgehead atoms. The van der Waals surface area contributed by atoms with Crippen molar-refractivity contribution in [2.24, 2.45) is 28.9 Å². The number of nitrogens with zero attached hydrogens (tertiary/aromatic N) is 3. The summed E-state index contributed by atoms with van der Waals surface area (Å²) in [5, 5.41) is 34.8. The molecule has 5 N–H and O–H groups in total. The number of carbonyl (C=O) groups excluding carboxylic acids is 5. The van der Waals surface area contributed by atoms with Crippen LogP contribution in [0, 0.1) is 30.1 Å². The molecule has 1 fully saturated rings. The van der Waals surface area contributed by atoms with E-state index in [0.717, 1.165) is 0 Å². The molecule has 3 aliphatic rings. The molecule has 2 aromatic rings. The maximum Gasteiger partial charge on any atom is 0.519 e. The average Bonchev–Trinajstić information content (AvgIpc) is 3.33. The van der Waals surface area contributed by atoms with Crippen molar-refractivity contribution < 1.29 is 52.9 Å². The molecule has 16 nitrogen and oxygen atoms in total. The molecule has 0 saturated heterocycles. The van der Waals surface area contributed by atoms with Gasteiger partial charge in [-0.2, -0.15) is 0 Å². The lowest BCUT2D eigenvalue weighted by molar-refractivity contribution is -0.163. The fourth-order valence-electron chi connectivity index (χ4n) is 7.77. The third-order valence-electron chi connectivity index (χ3n) is 9.91. The summed E-state index contributed by atoms with van der Waals surface area (Å²) in [6.07, 6.45) is -0.774. The van der Waals surface area contributed by atoms with E-state index in [1.807, 2.05) is 20.8 Å². The standard InChI is InChI=1S/C35H44N4O12/c1-15-21(51-33(47)50-15)13-49-32(46)39(14-34(2,3)4)12-17-11-20(37(5)6)18-9-16-10-19-25(38(7)8)28(42)24(31(36)45)30(44)35(19,48)29(43)22(16)27(41)23(18)26(17)40/h11,16,19,22,25,40,44,48H,9-10,12-14H2,1-8H3,(H2,36,45)/t16?,19?,22?,25-,35-/m0/s1. The Balaban J connectivity index is 1.57. The molecular formula is C35H44N4O12. The molecule has 16 heteroatoms. The smallest absolute Gasteiger partial charge is 0.508 e. The van der Waals surface area contributed by atoms with E-state index in [0.29, 0.717) is 11.3 Å². The molecule has 2 amide bonds. The van der Waals surface area contributed by atoms with E-state index in [1.165, 1.54) is 30.8 Å². The number of aliphatic hydroxyl groups excluding tert-OH is 1. The number of fused-ring (bicyclic) bond motifs is 3. The maximum absolute atomic E-state index is 14.4. The number of primary amides is 1. The van der Waals surface area contributed by atoms with Crippen LogP contribution in [0.15, 0.2) is 31.0 Å². The molecule has 276 valence electrons. The van der Waals surface area contributed by atoms with Gasteiger partial charge in [0.25, 0.3) is 5.91 Å². The first-order chi connectivity index (χ1) is 23.6. The van der Waals surface area contributed by atoms with Crippen LogP contribution in [0.25, 0.3) is 0 Å². The van der Waals surface area contributed by atoms with E-state index >= 15 is 0 Å². The lowest BCUT2D eigenvalue weighted by Gasteiger charge is -2.52. The second kappa shape index (κ2) is 13.0. The molecule has 1 saturated carbocycles. The molecule has 5 rings (SSSR count). The van der Waals surface area contributed by atoms with Gasteiger partial charge < -0.3 is 44.4 Å². The largest absolute Gasteiger partial charge is 0.519 e. The van der Waals surface area contributed by atoms with Gasteiger partial charge in [-0.3, -0.25) is 24.1 Å². The number of anilines is 1. The zero-order chi connectivity index (χ0) is 38.1. The number of rotatable bonds is 8. The van der Waals surface area contributed by atoms with Crippen LogP contribution in [0.3, 0.4) is 0 Å². The van der Waals surface area contributed by atoms with Crippen molar-refractivity contribution in [2.75, 3.05) is 39.6 Å². The van der Waals surface area contributed by atoms with Crippen LogP contribution in [0.2, 0.25) is 0 Å². The number of hydrogen-bond donors (Lipinski definition) is 4. The van der Waals surface area contributed by atoms with Crippen molar-refractivity contribution in [3.63, 3.8) is 0 Å². The van der Waals surface area contributed by atoms with Gasteiger partial charge in [-0.05, 0) is 56.8 Å². The van der Waals surface area contributed by atoms with Gasteiger partial charge in [-0.1, -0.05) is 20.8 Å². The Bertz CT molecular complexity index is 1920. The highest BCUT2D eigenvalue weighted by atomic mass is 16.6. The number of benzene rings is 1. The average molecular weight is 713 g/mol. The molecule has 1 aromatic carbocycles. The molecule has 1 heterocycles. The van der Waals surface area contributed by atoms with E-state index in [-0.39, 0.29) is 48.6 Å². The topological polar surface area (TPSA) is 234 Å². The van der Waals surface area contributed by atoms with Crippen LogP contribution in [0.4, 0.5) is 10.5 Å². The van der Waals surface area contributed by atoms with Crippen molar-refractivity contribution in [3.05, 3.63) is 56.2 Å². The lowest BCUT2D eigenvalue weighted by Crippen LogP contribution is -2.68. The number of nitrogens with two attached hydrogens (primary N) is 1. The minimum Gasteiger partial charge on any atom is -0.508 e. The summed E-state index contributed by atoms with van der Waals surface area (Å²) in [6.45, 7) is 6.64. The van der Waals surface area contributed by atoms with Crippen molar-refractivity contribution in [1.82, 2.24) is 9.80 Å². The van der Waals surface area contributed by atoms with Crippen LogP contribution in [0.5, 0.6) is 5.75 Å². The summed E-state index contributed by atoms with van der Waals surface area (Å²) < 4.78 is 15.2. The minimum absolute atomic E-state index is 0.0276. The number of carbonyl (C=O) groups is 5. The van der Waals surface area contributed by atoms with Crippen LogP contribution in [0.1, 0.15) is 60.2 Å². The molecule has 0 radical (unpaired) electrons. The van der Waals surface area contributed by atoms with E-state index < -0.39 is 93.7 Å². The molecule has 5 atom stereocenters. The molecule has 3 aliphatic carbocycles. The monoisotopic (exact) mass is 712 g/mol. The van der Waals surface area contributed by atoms with Gasteiger partial charge >= 0.3 is 11.9 Å². The molecule has 51 heavy (non-hydrogen) atoms. The maximum atomic E-state index is 14.4. The third kappa shape index (κ3) is 6.30. The first-order valence-electron chi connectivity index (χ1n) is 16.4. The highest BCUT2D eigenvalue weighted by Gasteiger charge is 2.66. The van der Waals surface area contributed by atoms with Gasteiger partial charge in [0.2, 0.25) is 0 Å². The number of likely N-dealkylation sites (N-methyl/N-ethyl adjacent to an activating group) is 1. The number of phenols is 1. The summed E-state index contributed by atoms with van der Waals surface area (Å²) in [7, 11) is 6.52. The highest BCUT2D eigenvalue weighted by molar-refractivity contribution is 6.25. The van der Waals surface area contributed by atoms with E-state index in [9.17, 15) is 44.1 Å². The normalized spacial score (nSPS) is 24.6. The zero-order valence-electron chi connectivity index (χ0n) is 29.9. The van der Waals surface area contributed by atoms with E-state index in [4.69, 9.17) is 19.3 Å². The zero-order valence-corrected chi connectivity index (χ0v) is 29.9. The Morgan fingerprint density at radius 3 is 2.24 bits per heavy atom. The van der Waals surface area contributed by atoms with Gasteiger partial charge in [-0.15, -0.1) is 0 Å². The fraction of sp³-hybridized carbons (Fsp3) is 0.543. The number of aryl methyl sites for hydroxylation is 1. The number of aliphatic hydroxyl groups is 2. The Hall–Kier alpha value is -4.96. The Labute approximate surface area is 293 Å². The summed E-state index contributed by atoms with van der Waals surface area (Å²) in [4.78, 5) is 83.8. The lowest BCUT2D eigenvalue weighted by atomic mass is 9.54. The quantitative estimate of drug-likeness (QED) is 0.225. The number of amides is 2. The predicted octanol–water partition coefficient (Wildman–Crippen LogP) is 1.60. The van der Waals surface area contributed by atoms with E-state index in [2.05, 4.69) is 0 Å². The predicted molar refractivity (Wildman–Crippen MR) is 179 cm³/mol.